The number of carbonyl (C=O) groups excluding carboxylic acids is 2. The summed E-state index contributed by atoms with van der Waals surface area (Å²) in [5.41, 5.74) is -1.31. The topological polar surface area (TPSA) is 93.1 Å². The van der Waals surface area contributed by atoms with Gasteiger partial charge >= 0.3 is 11.9 Å². The summed E-state index contributed by atoms with van der Waals surface area (Å²) in [5, 5.41) is 20.3. The summed E-state index contributed by atoms with van der Waals surface area (Å²) < 4.78 is 10.2. The van der Waals surface area contributed by atoms with Gasteiger partial charge in [-0.15, -0.1) is 0 Å². The van der Waals surface area contributed by atoms with Crippen molar-refractivity contribution in [1.82, 2.24) is 0 Å². The highest BCUT2D eigenvalue weighted by Crippen LogP contribution is 2.24. The number of aliphatic hydroxyl groups excluding tert-OH is 1. The van der Waals surface area contributed by atoms with Crippen molar-refractivity contribution < 1.29 is 29.3 Å². The molecule has 1 rings (SSSR count). The zero-order valence-electron chi connectivity index (χ0n) is 12.7. The molecule has 4 atom stereocenters. The fraction of sp³-hybridized carbons (Fsp3) is 0.733. The zero-order chi connectivity index (χ0) is 16.0. The third-order valence-corrected chi connectivity index (χ3v) is 3.41. The molecular formula is C15H24O6. The maximum absolute atomic E-state index is 11.5. The van der Waals surface area contributed by atoms with E-state index in [1.54, 1.807) is 19.1 Å². The Morgan fingerprint density at radius 2 is 2.14 bits per heavy atom. The molecule has 2 N–H and O–H groups in total. The Morgan fingerprint density at radius 3 is 2.76 bits per heavy atom. The number of cyclic esters (lactones) is 1. The Bertz CT molecular complexity index is 401. The molecule has 0 saturated carbocycles. The molecular weight excluding hydrogens is 276 g/mol. The van der Waals surface area contributed by atoms with Crippen LogP contribution in [0.15, 0.2) is 12.2 Å². The second-order valence-corrected chi connectivity index (χ2v) is 5.83. The molecule has 0 aromatic rings. The van der Waals surface area contributed by atoms with Gasteiger partial charge in [0.2, 0.25) is 0 Å². The van der Waals surface area contributed by atoms with Gasteiger partial charge in [0.25, 0.3) is 0 Å². The lowest BCUT2D eigenvalue weighted by atomic mass is 9.90. The maximum Gasteiger partial charge on any atom is 0.308 e. The minimum Gasteiger partial charge on any atom is -0.465 e. The highest BCUT2D eigenvalue weighted by atomic mass is 16.6. The minimum absolute atomic E-state index is 0.0839. The third kappa shape index (κ3) is 6.27. The summed E-state index contributed by atoms with van der Waals surface area (Å²) in [5.74, 6) is -1.03. The van der Waals surface area contributed by atoms with Gasteiger partial charge in [-0.3, -0.25) is 9.59 Å². The van der Waals surface area contributed by atoms with Crippen LogP contribution in [0, 0.1) is 5.92 Å². The SMILES string of the molecule is CC(=O)O[C@H]1/C=C/[C@H](C)COC(=O)C[C@H](O)CC[C@@]1(C)O. The Hall–Kier alpha value is -1.40. The summed E-state index contributed by atoms with van der Waals surface area (Å²) in [6, 6.07) is 0. The van der Waals surface area contributed by atoms with Crippen LogP contribution in [0.4, 0.5) is 0 Å². The molecule has 21 heavy (non-hydrogen) atoms. The molecule has 1 heterocycles. The van der Waals surface area contributed by atoms with Crippen LogP contribution in [0.3, 0.4) is 0 Å². The molecule has 0 saturated heterocycles. The molecule has 6 nitrogen and oxygen atoms in total. The predicted molar refractivity (Wildman–Crippen MR) is 75.3 cm³/mol. The number of hydrogen-bond acceptors (Lipinski definition) is 6. The van der Waals surface area contributed by atoms with Gasteiger partial charge in [-0.2, -0.15) is 0 Å². The van der Waals surface area contributed by atoms with Gasteiger partial charge in [-0.25, -0.2) is 0 Å². The first kappa shape index (κ1) is 17.7. The van der Waals surface area contributed by atoms with Gasteiger partial charge in [-0.1, -0.05) is 13.0 Å². The van der Waals surface area contributed by atoms with Crippen LogP contribution >= 0.6 is 0 Å². The lowest BCUT2D eigenvalue weighted by Gasteiger charge is -2.31. The zero-order valence-corrected chi connectivity index (χ0v) is 12.7. The number of hydrogen-bond donors (Lipinski definition) is 2. The van der Waals surface area contributed by atoms with E-state index in [9.17, 15) is 19.8 Å². The molecule has 6 heteroatoms. The highest BCUT2D eigenvalue weighted by Gasteiger charge is 2.33. The minimum atomic E-state index is -1.31. The Morgan fingerprint density at radius 1 is 1.48 bits per heavy atom. The molecule has 0 aromatic heterocycles. The van der Waals surface area contributed by atoms with Gasteiger partial charge in [0.15, 0.2) is 0 Å². The normalized spacial score (nSPS) is 36.8. The lowest BCUT2D eigenvalue weighted by molar-refractivity contribution is -0.156. The van der Waals surface area contributed by atoms with E-state index in [1.165, 1.54) is 6.92 Å². The van der Waals surface area contributed by atoms with E-state index in [1.807, 2.05) is 6.92 Å². The number of ether oxygens (including phenoxy) is 2. The molecule has 0 radical (unpaired) electrons. The van der Waals surface area contributed by atoms with Crippen molar-refractivity contribution in [2.24, 2.45) is 5.92 Å². The van der Waals surface area contributed by atoms with Crippen LogP contribution in [0.1, 0.15) is 40.0 Å². The summed E-state index contributed by atoms with van der Waals surface area (Å²) >= 11 is 0. The first-order valence-corrected chi connectivity index (χ1v) is 7.12. The number of carbonyl (C=O) groups is 2. The van der Waals surface area contributed by atoms with Crippen LogP contribution in [0.2, 0.25) is 0 Å². The molecule has 0 aromatic carbocycles. The number of aliphatic hydroxyl groups is 2. The first-order chi connectivity index (χ1) is 9.70. The maximum atomic E-state index is 11.5. The van der Waals surface area contributed by atoms with Gasteiger partial charge < -0.3 is 19.7 Å². The summed E-state index contributed by atoms with van der Waals surface area (Å²) in [7, 11) is 0. The second-order valence-electron chi connectivity index (χ2n) is 5.83. The highest BCUT2D eigenvalue weighted by molar-refractivity contribution is 5.70. The van der Waals surface area contributed by atoms with Crippen LogP contribution < -0.4 is 0 Å². The Balaban J connectivity index is 2.92. The van der Waals surface area contributed by atoms with Crippen LogP contribution in [-0.2, 0) is 19.1 Å². The van der Waals surface area contributed by atoms with Crippen molar-refractivity contribution in [1.29, 1.82) is 0 Å². The first-order valence-electron chi connectivity index (χ1n) is 7.12. The molecule has 1 aliphatic heterocycles. The van der Waals surface area contributed by atoms with E-state index >= 15 is 0 Å². The van der Waals surface area contributed by atoms with E-state index in [0.29, 0.717) is 0 Å². The van der Waals surface area contributed by atoms with E-state index in [-0.39, 0.29) is 31.8 Å². The van der Waals surface area contributed by atoms with Gasteiger partial charge in [0.05, 0.1) is 19.1 Å². The average Bonchev–Trinajstić information content (AvgIpc) is 2.37. The molecule has 0 fully saturated rings. The van der Waals surface area contributed by atoms with E-state index < -0.39 is 29.7 Å². The van der Waals surface area contributed by atoms with E-state index in [2.05, 4.69) is 0 Å². The van der Waals surface area contributed by atoms with Crippen LogP contribution in [-0.4, -0.2) is 46.6 Å². The van der Waals surface area contributed by atoms with Crippen LogP contribution in [0.5, 0.6) is 0 Å². The van der Waals surface area contributed by atoms with Crippen molar-refractivity contribution >= 4 is 11.9 Å². The van der Waals surface area contributed by atoms with Crippen molar-refractivity contribution in [2.75, 3.05) is 6.61 Å². The summed E-state index contributed by atoms with van der Waals surface area (Å²) in [6.45, 7) is 4.84. The molecule has 120 valence electrons. The molecule has 0 aliphatic carbocycles. The van der Waals surface area contributed by atoms with E-state index in [4.69, 9.17) is 9.47 Å². The standard InChI is InChI=1S/C15H24O6/c1-10-4-5-13(21-11(2)16)15(3,19)7-6-12(17)8-14(18)20-9-10/h4-5,10,12-13,17,19H,6-9H2,1-3H3/b5-4+/t10-,12+,13-,15+/m0/s1. The van der Waals surface area contributed by atoms with Gasteiger partial charge in [0.1, 0.15) is 11.7 Å². The fourth-order valence-electron chi connectivity index (χ4n) is 2.08. The number of rotatable bonds is 1. The van der Waals surface area contributed by atoms with E-state index in [0.717, 1.165) is 0 Å². The molecule has 0 amide bonds. The van der Waals surface area contributed by atoms with Crippen LogP contribution in [0.25, 0.3) is 0 Å². The fourth-order valence-corrected chi connectivity index (χ4v) is 2.08. The van der Waals surface area contributed by atoms with Crippen molar-refractivity contribution in [3.8, 4) is 0 Å². The quantitative estimate of drug-likeness (QED) is 0.553. The second kappa shape index (κ2) is 7.56. The van der Waals surface area contributed by atoms with Crippen molar-refractivity contribution in [3.05, 3.63) is 12.2 Å². The van der Waals surface area contributed by atoms with Crippen molar-refractivity contribution in [3.63, 3.8) is 0 Å². The molecule has 1 aliphatic rings. The Kier molecular flexibility index (Phi) is 6.36. The van der Waals surface area contributed by atoms with Crippen molar-refractivity contribution in [2.45, 2.75) is 57.8 Å². The average molecular weight is 300 g/mol. The third-order valence-electron chi connectivity index (χ3n) is 3.41. The summed E-state index contributed by atoms with van der Waals surface area (Å²) in [6.07, 6.45) is 1.95. The lowest BCUT2D eigenvalue weighted by Crippen LogP contribution is -2.42. The molecule has 0 bridgehead atoms. The van der Waals surface area contributed by atoms with Gasteiger partial charge in [-0.05, 0) is 25.8 Å². The predicted octanol–water partition coefficient (Wildman–Crippen LogP) is 0.949. The Labute approximate surface area is 124 Å². The largest absolute Gasteiger partial charge is 0.465 e. The molecule has 0 unspecified atom stereocenters. The van der Waals surface area contributed by atoms with Gasteiger partial charge in [0, 0.05) is 12.8 Å². The molecule has 0 spiro atoms. The monoisotopic (exact) mass is 300 g/mol. The summed E-state index contributed by atoms with van der Waals surface area (Å²) in [4.78, 5) is 22.7. The smallest absolute Gasteiger partial charge is 0.308 e. The number of esters is 2.